The molecule has 0 saturated carbocycles. The van der Waals surface area contributed by atoms with Crippen molar-refractivity contribution >= 4 is 79.8 Å². The zero-order chi connectivity index (χ0) is 25.0. The number of hydrogen-bond acceptors (Lipinski definition) is 6. The first-order valence-corrected chi connectivity index (χ1v) is 11.5. The third kappa shape index (κ3) is 4.46. The molecule has 0 atom stereocenters. The van der Waals surface area contributed by atoms with E-state index in [9.17, 15) is 35.9 Å². The quantitative estimate of drug-likeness (QED) is 0.246. The molecule has 0 radical (unpaired) electrons. The summed E-state index contributed by atoms with van der Waals surface area (Å²) in [4.78, 5) is 27.5. The summed E-state index contributed by atoms with van der Waals surface area (Å²) in [6.07, 6.45) is -9.30. The number of alkyl halides is 6. The van der Waals surface area contributed by atoms with Crippen LogP contribution in [-0.4, -0.2) is 20.5 Å². The Morgan fingerprint density at radius 1 is 0.647 bits per heavy atom. The lowest BCUT2D eigenvalue weighted by molar-refractivity contribution is -0.138. The van der Waals surface area contributed by atoms with E-state index in [1.165, 1.54) is 12.1 Å². The van der Waals surface area contributed by atoms with E-state index < -0.39 is 35.3 Å². The minimum Gasteiger partial charge on any atom is -0.268 e. The molecule has 2 aliphatic heterocycles. The van der Waals surface area contributed by atoms with Crippen molar-refractivity contribution in [3.8, 4) is 0 Å². The standard InChI is InChI=1S/C20H8F6N2O2S4/c21-19(22,23)9-3-1-5-11(7-9)27-15(29)13(33-17(27)31)14-16(30)28(18(32)34-14)12-6-2-4-10(8-12)20(24,25)26/h1-8H/b14-13+. The van der Waals surface area contributed by atoms with Crippen LogP contribution in [0, 0.1) is 0 Å². The molecule has 34 heavy (non-hydrogen) atoms. The third-order valence-electron chi connectivity index (χ3n) is 4.61. The van der Waals surface area contributed by atoms with Crippen molar-refractivity contribution in [1.82, 2.24) is 0 Å². The lowest BCUT2D eigenvalue weighted by atomic mass is 10.1. The van der Waals surface area contributed by atoms with E-state index in [0.717, 1.165) is 46.2 Å². The SMILES string of the molecule is O=C1/C(=C2\SC(=S)N(c3cccc(C(F)(F)F)c3)C2=O)SC(=S)N1c1cccc(C(F)(F)F)c1. The summed E-state index contributed by atoms with van der Waals surface area (Å²) in [5.41, 5.74) is -2.26. The van der Waals surface area contributed by atoms with Crippen LogP contribution in [0.5, 0.6) is 0 Å². The highest BCUT2D eigenvalue weighted by Crippen LogP contribution is 2.45. The predicted molar refractivity (Wildman–Crippen MR) is 125 cm³/mol. The highest BCUT2D eigenvalue weighted by atomic mass is 32.2. The number of benzene rings is 2. The van der Waals surface area contributed by atoms with Crippen LogP contribution < -0.4 is 9.80 Å². The van der Waals surface area contributed by atoms with Gasteiger partial charge in [-0.05, 0) is 36.4 Å². The Hall–Kier alpha value is -2.42. The van der Waals surface area contributed by atoms with Crippen LogP contribution in [0.1, 0.15) is 11.1 Å². The molecule has 0 bridgehead atoms. The van der Waals surface area contributed by atoms with Crippen molar-refractivity contribution in [3.63, 3.8) is 0 Å². The van der Waals surface area contributed by atoms with E-state index in [4.69, 9.17) is 24.4 Å². The van der Waals surface area contributed by atoms with Crippen molar-refractivity contribution in [1.29, 1.82) is 0 Å². The van der Waals surface area contributed by atoms with Gasteiger partial charge in [0.05, 0.1) is 32.3 Å². The summed E-state index contributed by atoms with van der Waals surface area (Å²) in [7, 11) is 0. The second kappa shape index (κ2) is 8.66. The van der Waals surface area contributed by atoms with Gasteiger partial charge in [-0.2, -0.15) is 26.3 Å². The Balaban J connectivity index is 1.69. The van der Waals surface area contributed by atoms with Crippen LogP contribution in [0.2, 0.25) is 0 Å². The summed E-state index contributed by atoms with van der Waals surface area (Å²) < 4.78 is 78.3. The maximum atomic E-state index is 13.1. The molecule has 2 fully saturated rings. The number of rotatable bonds is 2. The number of carbonyl (C=O) groups is 2. The molecular formula is C20H8F6N2O2S4. The molecule has 2 saturated heterocycles. The summed E-state index contributed by atoms with van der Waals surface area (Å²) in [6.45, 7) is 0. The molecule has 2 aromatic carbocycles. The number of anilines is 2. The second-order valence-electron chi connectivity index (χ2n) is 6.77. The van der Waals surface area contributed by atoms with E-state index in [-0.39, 0.29) is 29.8 Å². The number of nitrogens with zero attached hydrogens (tertiary/aromatic N) is 2. The Bertz CT molecular complexity index is 1190. The fraction of sp³-hybridized carbons (Fsp3) is 0.100. The minimum atomic E-state index is -4.65. The van der Waals surface area contributed by atoms with Crippen molar-refractivity contribution in [3.05, 3.63) is 69.5 Å². The molecule has 0 unspecified atom stereocenters. The first kappa shape index (κ1) is 24.7. The number of amides is 2. The van der Waals surface area contributed by atoms with E-state index >= 15 is 0 Å². The summed E-state index contributed by atoms with van der Waals surface area (Å²) in [5.74, 6) is -1.67. The molecule has 2 aromatic rings. The molecule has 2 amide bonds. The molecule has 0 N–H and O–H groups in total. The Morgan fingerprint density at radius 2 is 1.00 bits per heavy atom. The van der Waals surface area contributed by atoms with Crippen molar-refractivity contribution in [2.24, 2.45) is 0 Å². The molecule has 2 heterocycles. The minimum absolute atomic E-state index is 0.108. The third-order valence-corrected chi connectivity index (χ3v) is 7.48. The lowest BCUT2D eigenvalue weighted by Gasteiger charge is -2.17. The van der Waals surface area contributed by atoms with Gasteiger partial charge in [0.25, 0.3) is 11.8 Å². The zero-order valence-electron chi connectivity index (χ0n) is 16.2. The zero-order valence-corrected chi connectivity index (χ0v) is 19.5. The predicted octanol–water partition coefficient (Wildman–Crippen LogP) is 6.37. The Morgan fingerprint density at radius 3 is 1.32 bits per heavy atom. The van der Waals surface area contributed by atoms with Crippen LogP contribution in [0.3, 0.4) is 0 Å². The van der Waals surface area contributed by atoms with Crippen molar-refractivity contribution in [2.75, 3.05) is 9.80 Å². The van der Waals surface area contributed by atoms with Gasteiger partial charge in [0, 0.05) is 0 Å². The van der Waals surface area contributed by atoms with Crippen LogP contribution in [0.15, 0.2) is 58.3 Å². The number of carbonyl (C=O) groups excluding carboxylic acids is 2. The molecule has 0 aromatic heterocycles. The molecule has 2 aliphatic rings. The molecule has 14 heteroatoms. The maximum Gasteiger partial charge on any atom is 0.416 e. The van der Waals surface area contributed by atoms with Gasteiger partial charge in [0.1, 0.15) is 0 Å². The first-order chi connectivity index (χ1) is 15.8. The molecule has 4 rings (SSSR count). The van der Waals surface area contributed by atoms with Crippen LogP contribution in [-0.2, 0) is 21.9 Å². The van der Waals surface area contributed by atoms with Crippen molar-refractivity contribution in [2.45, 2.75) is 12.4 Å². The summed E-state index contributed by atoms with van der Waals surface area (Å²) in [6, 6.07) is 7.92. The fourth-order valence-corrected chi connectivity index (χ4v) is 5.85. The van der Waals surface area contributed by atoms with E-state index in [0.29, 0.717) is 23.5 Å². The molecule has 4 nitrogen and oxygen atoms in total. The van der Waals surface area contributed by atoms with Gasteiger partial charge in [-0.3, -0.25) is 19.4 Å². The average Bonchev–Trinajstić information content (AvgIpc) is 3.21. The smallest absolute Gasteiger partial charge is 0.268 e. The van der Waals surface area contributed by atoms with Gasteiger partial charge in [-0.1, -0.05) is 60.1 Å². The largest absolute Gasteiger partial charge is 0.416 e. The van der Waals surface area contributed by atoms with Crippen LogP contribution >= 0.6 is 48.0 Å². The lowest BCUT2D eigenvalue weighted by Crippen LogP contribution is -2.30. The van der Waals surface area contributed by atoms with E-state index in [1.807, 2.05) is 0 Å². The molecular weight excluding hydrogens is 542 g/mol. The van der Waals surface area contributed by atoms with Gasteiger partial charge in [-0.15, -0.1) is 0 Å². The topological polar surface area (TPSA) is 40.6 Å². The Kier molecular flexibility index (Phi) is 6.29. The number of thioether (sulfide) groups is 2. The average molecular weight is 551 g/mol. The number of hydrogen-bond donors (Lipinski definition) is 0. The van der Waals surface area contributed by atoms with E-state index in [2.05, 4.69) is 0 Å². The monoisotopic (exact) mass is 550 g/mol. The Labute approximate surface area is 207 Å². The molecule has 0 spiro atoms. The van der Waals surface area contributed by atoms with Gasteiger partial charge < -0.3 is 0 Å². The molecule has 0 aliphatic carbocycles. The molecule has 176 valence electrons. The van der Waals surface area contributed by atoms with Crippen molar-refractivity contribution < 1.29 is 35.9 Å². The first-order valence-electron chi connectivity index (χ1n) is 9.00. The summed E-state index contributed by atoms with van der Waals surface area (Å²) in [5, 5.41) is 0. The van der Waals surface area contributed by atoms with E-state index in [1.54, 1.807) is 0 Å². The summed E-state index contributed by atoms with van der Waals surface area (Å²) >= 11 is 11.7. The highest BCUT2D eigenvalue weighted by Gasteiger charge is 2.44. The highest BCUT2D eigenvalue weighted by molar-refractivity contribution is 8.30. The normalized spacial score (nSPS) is 19.6. The van der Waals surface area contributed by atoms with Gasteiger partial charge in [0.15, 0.2) is 8.64 Å². The second-order valence-corrected chi connectivity index (χ2v) is 10.1. The van der Waals surface area contributed by atoms with Gasteiger partial charge in [0.2, 0.25) is 0 Å². The number of thiocarbonyl (C=S) groups is 2. The van der Waals surface area contributed by atoms with Crippen LogP contribution in [0.4, 0.5) is 37.7 Å². The number of halogens is 6. The van der Waals surface area contributed by atoms with Crippen LogP contribution in [0.25, 0.3) is 0 Å². The van der Waals surface area contributed by atoms with Gasteiger partial charge in [-0.25, -0.2) is 0 Å². The maximum absolute atomic E-state index is 13.1. The fourth-order valence-electron chi connectivity index (χ4n) is 3.10. The van der Waals surface area contributed by atoms with Gasteiger partial charge >= 0.3 is 12.4 Å².